The second-order valence-electron chi connectivity index (χ2n) is 2.94. The summed E-state index contributed by atoms with van der Waals surface area (Å²) in [5, 5.41) is 9.28. The zero-order valence-corrected chi connectivity index (χ0v) is 6.50. The molecule has 0 aliphatic rings. The number of nitrogens with one attached hydrogen (secondary N) is 1. The molecule has 11 heavy (non-hydrogen) atoms. The Labute approximate surface area is 64.3 Å². The predicted molar refractivity (Wildman–Crippen MR) is 38.7 cm³/mol. The van der Waals surface area contributed by atoms with Gasteiger partial charge in [-0.2, -0.15) is 0 Å². The van der Waals surface area contributed by atoms with E-state index in [2.05, 4.69) is 9.97 Å². The molecular weight excluding hydrogens is 147 g/mol. The number of hydrogen-bond acceptors (Lipinski definition) is 2. The Morgan fingerprint density at radius 1 is 1.73 bits per heavy atom. The van der Waals surface area contributed by atoms with Crippen molar-refractivity contribution < 1.29 is 9.50 Å². The highest BCUT2D eigenvalue weighted by atomic mass is 19.1. The molecule has 1 atom stereocenters. The highest BCUT2D eigenvalue weighted by molar-refractivity contribution is 4.98. The van der Waals surface area contributed by atoms with Crippen LogP contribution in [0.4, 0.5) is 4.39 Å². The molecule has 3 nitrogen and oxygen atoms in total. The number of aromatic amines is 1. The summed E-state index contributed by atoms with van der Waals surface area (Å²) in [7, 11) is 0. The zero-order chi connectivity index (χ0) is 8.48. The fourth-order valence-electron chi connectivity index (χ4n) is 0.752. The van der Waals surface area contributed by atoms with Crippen LogP contribution in [-0.4, -0.2) is 20.7 Å². The summed E-state index contributed by atoms with van der Waals surface area (Å²) in [5.41, 5.74) is -1.65. The molecule has 0 radical (unpaired) electrons. The average Bonchev–Trinajstić information content (AvgIpc) is 2.34. The summed E-state index contributed by atoms with van der Waals surface area (Å²) in [6, 6.07) is 0. The highest BCUT2D eigenvalue weighted by Gasteiger charge is 2.30. The van der Waals surface area contributed by atoms with Gasteiger partial charge >= 0.3 is 0 Å². The van der Waals surface area contributed by atoms with Crippen molar-refractivity contribution in [2.75, 3.05) is 0 Å². The standard InChI is InChI=1S/C7H11FN2O/c1-7(2,8)5(11)6-9-3-4-10-6/h3-5,11H,1-2H3,(H,9,10). The maximum absolute atomic E-state index is 13.0. The van der Waals surface area contributed by atoms with Crippen molar-refractivity contribution in [1.82, 2.24) is 9.97 Å². The second-order valence-corrected chi connectivity index (χ2v) is 2.94. The molecule has 0 aliphatic carbocycles. The van der Waals surface area contributed by atoms with Gasteiger partial charge < -0.3 is 10.1 Å². The van der Waals surface area contributed by atoms with Crippen LogP contribution in [0.25, 0.3) is 0 Å². The molecule has 0 amide bonds. The molecule has 1 unspecified atom stereocenters. The predicted octanol–water partition coefficient (Wildman–Crippen LogP) is 1.19. The van der Waals surface area contributed by atoms with Crippen LogP contribution in [0.5, 0.6) is 0 Å². The van der Waals surface area contributed by atoms with Crippen molar-refractivity contribution in [3.63, 3.8) is 0 Å². The minimum atomic E-state index is -1.65. The van der Waals surface area contributed by atoms with Gasteiger partial charge in [0.1, 0.15) is 17.6 Å². The third-order valence-electron chi connectivity index (χ3n) is 1.43. The van der Waals surface area contributed by atoms with E-state index in [9.17, 15) is 9.50 Å². The van der Waals surface area contributed by atoms with E-state index in [-0.39, 0.29) is 5.82 Å². The largest absolute Gasteiger partial charge is 0.382 e. The van der Waals surface area contributed by atoms with Gasteiger partial charge in [-0.1, -0.05) is 0 Å². The van der Waals surface area contributed by atoms with Gasteiger partial charge in [-0.25, -0.2) is 9.37 Å². The highest BCUT2D eigenvalue weighted by Crippen LogP contribution is 2.25. The van der Waals surface area contributed by atoms with Crippen LogP contribution >= 0.6 is 0 Å². The molecule has 0 saturated carbocycles. The van der Waals surface area contributed by atoms with Crippen LogP contribution in [0.15, 0.2) is 12.4 Å². The van der Waals surface area contributed by atoms with Crippen molar-refractivity contribution in [1.29, 1.82) is 0 Å². The van der Waals surface area contributed by atoms with Crippen LogP contribution in [0.1, 0.15) is 25.8 Å². The summed E-state index contributed by atoms with van der Waals surface area (Å²) >= 11 is 0. The van der Waals surface area contributed by atoms with Gasteiger partial charge in [-0.15, -0.1) is 0 Å². The molecule has 0 fully saturated rings. The van der Waals surface area contributed by atoms with E-state index in [4.69, 9.17) is 0 Å². The topological polar surface area (TPSA) is 48.9 Å². The molecule has 0 spiro atoms. The van der Waals surface area contributed by atoms with Crippen LogP contribution in [0.2, 0.25) is 0 Å². The van der Waals surface area contributed by atoms with Crippen LogP contribution in [0.3, 0.4) is 0 Å². The van der Waals surface area contributed by atoms with Crippen LogP contribution in [0, 0.1) is 0 Å². The molecule has 2 N–H and O–H groups in total. The molecule has 1 aromatic heterocycles. The summed E-state index contributed by atoms with van der Waals surface area (Å²) in [4.78, 5) is 6.38. The number of rotatable bonds is 2. The maximum Gasteiger partial charge on any atom is 0.145 e. The van der Waals surface area contributed by atoms with Gasteiger partial charge in [0.25, 0.3) is 0 Å². The van der Waals surface area contributed by atoms with E-state index >= 15 is 0 Å². The number of halogens is 1. The van der Waals surface area contributed by atoms with Gasteiger partial charge in [0.15, 0.2) is 0 Å². The monoisotopic (exact) mass is 158 g/mol. The van der Waals surface area contributed by atoms with Crippen molar-refractivity contribution in [3.8, 4) is 0 Å². The Balaban J connectivity index is 2.78. The minimum Gasteiger partial charge on any atom is -0.382 e. The molecule has 1 heterocycles. The lowest BCUT2D eigenvalue weighted by molar-refractivity contribution is 0.0107. The van der Waals surface area contributed by atoms with Gasteiger partial charge in [0.2, 0.25) is 0 Å². The lowest BCUT2D eigenvalue weighted by atomic mass is 10.0. The Bertz CT molecular complexity index is 215. The number of aromatic nitrogens is 2. The Morgan fingerprint density at radius 3 is 2.73 bits per heavy atom. The third-order valence-corrected chi connectivity index (χ3v) is 1.43. The first kappa shape index (κ1) is 8.20. The first-order valence-electron chi connectivity index (χ1n) is 3.38. The number of aliphatic hydroxyl groups is 1. The Morgan fingerprint density at radius 2 is 2.36 bits per heavy atom. The lowest BCUT2D eigenvalue weighted by Gasteiger charge is -2.19. The first-order valence-corrected chi connectivity index (χ1v) is 3.38. The summed E-state index contributed by atoms with van der Waals surface area (Å²) < 4.78 is 13.0. The minimum absolute atomic E-state index is 0.262. The van der Waals surface area contributed by atoms with Gasteiger partial charge in [0.05, 0.1) is 0 Å². The smallest absolute Gasteiger partial charge is 0.145 e. The van der Waals surface area contributed by atoms with Crippen molar-refractivity contribution in [2.24, 2.45) is 0 Å². The Hall–Kier alpha value is -0.900. The molecule has 1 aromatic rings. The van der Waals surface area contributed by atoms with E-state index < -0.39 is 11.8 Å². The van der Waals surface area contributed by atoms with E-state index in [1.54, 1.807) is 6.20 Å². The first-order chi connectivity index (χ1) is 5.02. The second kappa shape index (κ2) is 2.62. The van der Waals surface area contributed by atoms with Gasteiger partial charge in [-0.3, -0.25) is 0 Å². The normalized spacial score (nSPS) is 14.9. The SMILES string of the molecule is CC(C)(F)C(O)c1ncc[nH]1. The number of H-pyrrole nitrogens is 1. The van der Waals surface area contributed by atoms with E-state index in [1.165, 1.54) is 20.0 Å². The van der Waals surface area contributed by atoms with E-state index in [0.717, 1.165) is 0 Å². The van der Waals surface area contributed by atoms with E-state index in [1.807, 2.05) is 0 Å². The quantitative estimate of drug-likeness (QED) is 0.679. The van der Waals surface area contributed by atoms with Gasteiger partial charge in [0, 0.05) is 12.4 Å². The van der Waals surface area contributed by atoms with Crippen LogP contribution < -0.4 is 0 Å². The third kappa shape index (κ3) is 1.77. The number of aliphatic hydroxyl groups excluding tert-OH is 1. The fraction of sp³-hybridized carbons (Fsp3) is 0.571. The van der Waals surface area contributed by atoms with Crippen LogP contribution in [-0.2, 0) is 0 Å². The summed E-state index contributed by atoms with van der Waals surface area (Å²) in [6.07, 6.45) is 1.84. The zero-order valence-electron chi connectivity index (χ0n) is 6.50. The van der Waals surface area contributed by atoms with Crippen molar-refractivity contribution in [3.05, 3.63) is 18.2 Å². The number of nitrogens with zero attached hydrogens (tertiary/aromatic N) is 1. The molecule has 0 aliphatic heterocycles. The molecule has 62 valence electrons. The molecule has 0 bridgehead atoms. The molecule has 0 saturated heterocycles. The summed E-state index contributed by atoms with van der Waals surface area (Å²) in [5.74, 6) is 0.262. The van der Waals surface area contributed by atoms with E-state index in [0.29, 0.717) is 0 Å². The maximum atomic E-state index is 13.0. The molecular formula is C7H11FN2O. The molecule has 1 rings (SSSR count). The Kier molecular flexibility index (Phi) is 1.95. The summed E-state index contributed by atoms with van der Waals surface area (Å²) in [6.45, 7) is 2.61. The number of imidazole rings is 1. The number of hydrogen-bond donors (Lipinski definition) is 2. The number of alkyl halides is 1. The fourth-order valence-corrected chi connectivity index (χ4v) is 0.752. The molecule has 4 heteroatoms. The lowest BCUT2D eigenvalue weighted by Crippen LogP contribution is -2.24. The van der Waals surface area contributed by atoms with Crippen molar-refractivity contribution in [2.45, 2.75) is 25.6 Å². The molecule has 0 aromatic carbocycles. The van der Waals surface area contributed by atoms with Crippen molar-refractivity contribution >= 4 is 0 Å². The average molecular weight is 158 g/mol. The van der Waals surface area contributed by atoms with Gasteiger partial charge in [-0.05, 0) is 13.8 Å².